The van der Waals surface area contributed by atoms with E-state index in [1.165, 1.54) is 12.0 Å². The molecule has 1 atom stereocenters. The maximum absolute atomic E-state index is 5.74. The van der Waals surface area contributed by atoms with Crippen LogP contribution in [-0.4, -0.2) is 13.2 Å². The van der Waals surface area contributed by atoms with Gasteiger partial charge in [0, 0.05) is 12.2 Å². The van der Waals surface area contributed by atoms with E-state index in [0.29, 0.717) is 6.61 Å². The molecule has 2 rings (SSSR count). The van der Waals surface area contributed by atoms with Crippen LogP contribution >= 0.6 is 0 Å². The second kappa shape index (κ2) is 4.47. The number of hydrogen-bond acceptors (Lipinski definition) is 2. The monoisotopic (exact) mass is 192 g/mol. The van der Waals surface area contributed by atoms with Crippen molar-refractivity contribution in [3.8, 4) is 5.75 Å². The fourth-order valence-corrected chi connectivity index (χ4v) is 1.64. The van der Waals surface area contributed by atoms with Gasteiger partial charge in [-0.25, -0.2) is 0 Å². The molecule has 1 aliphatic rings. The lowest BCUT2D eigenvalue weighted by Gasteiger charge is -2.09. The maximum atomic E-state index is 5.74. The summed E-state index contributed by atoms with van der Waals surface area (Å²) in [7, 11) is 0. The highest BCUT2D eigenvalue weighted by Gasteiger charge is 2.23. The molecule has 1 unspecified atom stereocenters. The van der Waals surface area contributed by atoms with Crippen molar-refractivity contribution in [3.05, 3.63) is 29.8 Å². The summed E-state index contributed by atoms with van der Waals surface area (Å²) in [6.45, 7) is 3.67. The number of fused-ring (bicyclic) bond motifs is 1. The van der Waals surface area contributed by atoms with E-state index in [1.54, 1.807) is 0 Å². The van der Waals surface area contributed by atoms with E-state index in [2.05, 4.69) is 13.0 Å². The van der Waals surface area contributed by atoms with Crippen molar-refractivity contribution in [3.63, 3.8) is 0 Å². The highest BCUT2D eigenvalue weighted by Crippen LogP contribution is 2.33. The third kappa shape index (κ3) is 1.90. The Morgan fingerprint density at radius 3 is 3.14 bits per heavy atom. The van der Waals surface area contributed by atoms with E-state index in [1.807, 2.05) is 18.2 Å². The van der Waals surface area contributed by atoms with Crippen LogP contribution in [0, 0.1) is 0 Å². The molecule has 1 aromatic rings. The SMILES string of the molecule is CCCCOC1COc2ccccc21. The molecule has 1 aromatic carbocycles. The van der Waals surface area contributed by atoms with Gasteiger partial charge in [0.15, 0.2) is 0 Å². The number of rotatable bonds is 4. The predicted molar refractivity (Wildman–Crippen MR) is 55.5 cm³/mol. The Morgan fingerprint density at radius 2 is 2.29 bits per heavy atom. The van der Waals surface area contributed by atoms with Gasteiger partial charge in [-0.05, 0) is 12.5 Å². The van der Waals surface area contributed by atoms with Crippen LogP contribution in [0.3, 0.4) is 0 Å². The minimum absolute atomic E-state index is 0.151. The topological polar surface area (TPSA) is 18.5 Å². The van der Waals surface area contributed by atoms with Crippen molar-refractivity contribution >= 4 is 0 Å². The quantitative estimate of drug-likeness (QED) is 0.683. The molecule has 0 bridgehead atoms. The summed E-state index contributed by atoms with van der Waals surface area (Å²) in [4.78, 5) is 0. The molecule has 0 spiro atoms. The molecule has 0 aromatic heterocycles. The number of hydrogen-bond donors (Lipinski definition) is 0. The van der Waals surface area contributed by atoms with Crippen molar-refractivity contribution in [1.82, 2.24) is 0 Å². The smallest absolute Gasteiger partial charge is 0.125 e. The Balaban J connectivity index is 1.96. The van der Waals surface area contributed by atoms with Gasteiger partial charge < -0.3 is 9.47 Å². The molecule has 0 aliphatic carbocycles. The maximum Gasteiger partial charge on any atom is 0.125 e. The highest BCUT2D eigenvalue weighted by molar-refractivity contribution is 5.38. The summed E-state index contributed by atoms with van der Waals surface area (Å²) in [6.07, 6.45) is 2.45. The summed E-state index contributed by atoms with van der Waals surface area (Å²) in [5.41, 5.74) is 1.20. The van der Waals surface area contributed by atoms with Crippen molar-refractivity contribution < 1.29 is 9.47 Å². The van der Waals surface area contributed by atoms with Gasteiger partial charge in [-0.1, -0.05) is 31.5 Å². The first-order valence-corrected chi connectivity index (χ1v) is 5.25. The van der Waals surface area contributed by atoms with E-state index in [-0.39, 0.29) is 6.10 Å². The molecule has 1 aliphatic heterocycles. The minimum Gasteiger partial charge on any atom is -0.490 e. The first kappa shape index (κ1) is 9.53. The van der Waals surface area contributed by atoms with E-state index >= 15 is 0 Å². The van der Waals surface area contributed by atoms with Gasteiger partial charge in [-0.3, -0.25) is 0 Å². The second-order valence-electron chi connectivity index (χ2n) is 3.56. The van der Waals surface area contributed by atoms with Crippen molar-refractivity contribution in [2.45, 2.75) is 25.9 Å². The highest BCUT2D eigenvalue weighted by atomic mass is 16.5. The summed E-state index contributed by atoms with van der Waals surface area (Å²) < 4.78 is 11.3. The summed E-state index contributed by atoms with van der Waals surface area (Å²) >= 11 is 0. The van der Waals surface area contributed by atoms with Crippen LogP contribution in [0.15, 0.2) is 24.3 Å². The molecular formula is C12H16O2. The van der Waals surface area contributed by atoms with E-state index in [9.17, 15) is 0 Å². The lowest BCUT2D eigenvalue weighted by Crippen LogP contribution is -2.06. The molecule has 1 heterocycles. The Kier molecular flexibility index (Phi) is 3.04. The number of unbranched alkanes of at least 4 members (excludes halogenated alkanes) is 1. The number of ether oxygens (including phenoxy) is 2. The molecule has 0 fully saturated rings. The molecule has 0 radical (unpaired) electrons. The molecule has 0 N–H and O–H groups in total. The Labute approximate surface area is 84.8 Å². The van der Waals surface area contributed by atoms with Gasteiger partial charge in [0.25, 0.3) is 0 Å². The molecular weight excluding hydrogens is 176 g/mol. The van der Waals surface area contributed by atoms with Crippen LogP contribution in [0.1, 0.15) is 31.4 Å². The lowest BCUT2D eigenvalue weighted by molar-refractivity contribution is 0.0365. The van der Waals surface area contributed by atoms with Gasteiger partial charge in [0.2, 0.25) is 0 Å². The van der Waals surface area contributed by atoms with Gasteiger partial charge in [0.05, 0.1) is 0 Å². The molecule has 0 saturated heterocycles. The first-order valence-electron chi connectivity index (χ1n) is 5.25. The lowest BCUT2D eigenvalue weighted by atomic mass is 10.1. The normalized spacial score (nSPS) is 19.1. The van der Waals surface area contributed by atoms with Crippen LogP contribution < -0.4 is 4.74 Å². The Bertz CT molecular complexity index is 296. The zero-order chi connectivity index (χ0) is 9.80. The largest absolute Gasteiger partial charge is 0.490 e. The minimum atomic E-state index is 0.151. The van der Waals surface area contributed by atoms with Crippen LogP contribution in [0.2, 0.25) is 0 Å². The second-order valence-corrected chi connectivity index (χ2v) is 3.56. The Morgan fingerprint density at radius 1 is 1.43 bits per heavy atom. The molecule has 76 valence electrons. The van der Waals surface area contributed by atoms with Crippen LogP contribution in [0.5, 0.6) is 5.75 Å². The van der Waals surface area contributed by atoms with Gasteiger partial charge >= 0.3 is 0 Å². The fourth-order valence-electron chi connectivity index (χ4n) is 1.64. The zero-order valence-electron chi connectivity index (χ0n) is 8.53. The summed E-state index contributed by atoms with van der Waals surface area (Å²) in [5.74, 6) is 0.981. The summed E-state index contributed by atoms with van der Waals surface area (Å²) in [6, 6.07) is 8.11. The standard InChI is InChI=1S/C12H16O2/c1-2-3-8-13-12-9-14-11-7-5-4-6-10(11)12/h4-7,12H,2-3,8-9H2,1H3. The van der Waals surface area contributed by atoms with Crippen molar-refractivity contribution in [2.24, 2.45) is 0 Å². The molecule has 2 nitrogen and oxygen atoms in total. The van der Waals surface area contributed by atoms with Crippen molar-refractivity contribution in [1.29, 1.82) is 0 Å². The van der Waals surface area contributed by atoms with Crippen LogP contribution in [0.4, 0.5) is 0 Å². The Hall–Kier alpha value is -1.02. The van der Waals surface area contributed by atoms with Crippen molar-refractivity contribution in [2.75, 3.05) is 13.2 Å². The van der Waals surface area contributed by atoms with Gasteiger partial charge in [-0.2, -0.15) is 0 Å². The first-order chi connectivity index (χ1) is 6.92. The van der Waals surface area contributed by atoms with E-state index < -0.39 is 0 Å². The molecule has 0 saturated carbocycles. The molecule has 0 amide bonds. The number of benzene rings is 1. The predicted octanol–water partition coefficient (Wildman–Crippen LogP) is 2.94. The zero-order valence-corrected chi connectivity index (χ0v) is 8.53. The molecule has 14 heavy (non-hydrogen) atoms. The average Bonchev–Trinajstić information content (AvgIpc) is 2.63. The fraction of sp³-hybridized carbons (Fsp3) is 0.500. The summed E-state index contributed by atoms with van der Waals surface area (Å²) in [5, 5.41) is 0. The third-order valence-electron chi connectivity index (χ3n) is 2.47. The van der Waals surface area contributed by atoms with E-state index in [4.69, 9.17) is 9.47 Å². The van der Waals surface area contributed by atoms with Crippen LogP contribution in [-0.2, 0) is 4.74 Å². The van der Waals surface area contributed by atoms with Crippen LogP contribution in [0.25, 0.3) is 0 Å². The number of para-hydroxylation sites is 1. The average molecular weight is 192 g/mol. The van der Waals surface area contributed by atoms with Gasteiger partial charge in [0.1, 0.15) is 18.5 Å². The van der Waals surface area contributed by atoms with E-state index in [0.717, 1.165) is 18.8 Å². The molecule has 2 heteroatoms. The van der Waals surface area contributed by atoms with Gasteiger partial charge in [-0.15, -0.1) is 0 Å². The third-order valence-corrected chi connectivity index (χ3v) is 2.47.